The second kappa shape index (κ2) is 6.42. The van der Waals surface area contributed by atoms with E-state index in [-0.39, 0.29) is 13.2 Å². The van der Waals surface area contributed by atoms with E-state index in [4.69, 9.17) is 5.11 Å². The number of nitrogens with one attached hydrogen (secondary N) is 1. The molecule has 0 aliphatic heterocycles. The lowest BCUT2D eigenvalue weighted by Gasteiger charge is -2.05. The van der Waals surface area contributed by atoms with Crippen molar-refractivity contribution < 1.29 is 14.6 Å². The van der Waals surface area contributed by atoms with Crippen molar-refractivity contribution in [2.45, 2.75) is 6.54 Å². The van der Waals surface area contributed by atoms with E-state index >= 15 is 0 Å². The molecule has 1 amide bonds. The molecule has 0 spiro atoms. The highest BCUT2D eigenvalue weighted by molar-refractivity contribution is 9.10. The number of aliphatic hydroxyl groups excluding tert-OH is 1. The SMILES string of the molecule is O=C(NCc1ccc(Br)cc1)OCCO. The number of aliphatic hydroxyl groups is 1. The number of benzene rings is 1. The van der Waals surface area contributed by atoms with Crippen LogP contribution in [-0.2, 0) is 11.3 Å². The Morgan fingerprint density at radius 2 is 2.07 bits per heavy atom. The second-order valence-electron chi connectivity index (χ2n) is 2.84. The number of carbonyl (C=O) groups is 1. The van der Waals surface area contributed by atoms with Crippen molar-refractivity contribution in [2.24, 2.45) is 0 Å². The quantitative estimate of drug-likeness (QED) is 0.878. The molecule has 0 aromatic heterocycles. The minimum Gasteiger partial charge on any atom is -0.447 e. The minimum absolute atomic E-state index is 0.0200. The van der Waals surface area contributed by atoms with Gasteiger partial charge in [0.2, 0.25) is 0 Å². The number of ether oxygens (including phenoxy) is 1. The van der Waals surface area contributed by atoms with Gasteiger partial charge in [0.25, 0.3) is 0 Å². The summed E-state index contributed by atoms with van der Waals surface area (Å²) in [5.41, 5.74) is 0.985. The third-order valence-electron chi connectivity index (χ3n) is 1.67. The molecular formula is C10H12BrNO3. The number of rotatable bonds is 4. The molecule has 1 aromatic carbocycles. The van der Waals surface area contributed by atoms with Crippen molar-refractivity contribution in [1.29, 1.82) is 0 Å². The first-order chi connectivity index (χ1) is 7.22. The van der Waals surface area contributed by atoms with Crippen LogP contribution in [-0.4, -0.2) is 24.4 Å². The van der Waals surface area contributed by atoms with Crippen LogP contribution in [0.3, 0.4) is 0 Å². The summed E-state index contributed by atoms with van der Waals surface area (Å²) in [5, 5.41) is 11.0. The molecule has 1 rings (SSSR count). The molecule has 0 unspecified atom stereocenters. The van der Waals surface area contributed by atoms with Crippen molar-refractivity contribution in [1.82, 2.24) is 5.32 Å². The minimum atomic E-state index is -0.521. The molecule has 0 aliphatic carbocycles. The van der Waals surface area contributed by atoms with E-state index in [1.807, 2.05) is 24.3 Å². The topological polar surface area (TPSA) is 58.6 Å². The third kappa shape index (κ3) is 4.80. The van der Waals surface area contributed by atoms with Crippen LogP contribution in [0.25, 0.3) is 0 Å². The average Bonchev–Trinajstić information content (AvgIpc) is 2.25. The van der Waals surface area contributed by atoms with E-state index in [0.717, 1.165) is 10.0 Å². The van der Waals surface area contributed by atoms with E-state index < -0.39 is 6.09 Å². The maximum atomic E-state index is 11.0. The molecule has 0 atom stereocenters. The Bertz CT molecular complexity index is 313. The molecule has 0 heterocycles. The molecule has 0 radical (unpaired) electrons. The molecule has 2 N–H and O–H groups in total. The maximum Gasteiger partial charge on any atom is 0.407 e. The normalized spacial score (nSPS) is 9.73. The molecule has 82 valence electrons. The number of amides is 1. The monoisotopic (exact) mass is 273 g/mol. The summed E-state index contributed by atoms with van der Waals surface area (Å²) in [6, 6.07) is 7.60. The zero-order valence-electron chi connectivity index (χ0n) is 8.07. The summed E-state index contributed by atoms with van der Waals surface area (Å²) < 4.78 is 5.62. The van der Waals surface area contributed by atoms with Crippen LogP contribution < -0.4 is 5.32 Å². The van der Waals surface area contributed by atoms with E-state index in [1.165, 1.54) is 0 Å². The molecule has 0 saturated heterocycles. The number of alkyl carbamates (subject to hydrolysis) is 1. The zero-order valence-corrected chi connectivity index (χ0v) is 9.66. The number of halogens is 1. The number of hydrogen-bond donors (Lipinski definition) is 2. The molecule has 0 saturated carbocycles. The van der Waals surface area contributed by atoms with E-state index in [1.54, 1.807) is 0 Å². The highest BCUT2D eigenvalue weighted by Crippen LogP contribution is 2.10. The number of carbonyl (C=O) groups excluding carboxylic acids is 1. The van der Waals surface area contributed by atoms with E-state index in [2.05, 4.69) is 26.0 Å². The van der Waals surface area contributed by atoms with Crippen molar-refractivity contribution in [3.05, 3.63) is 34.3 Å². The predicted molar refractivity (Wildman–Crippen MR) is 59.4 cm³/mol. The van der Waals surface area contributed by atoms with Crippen molar-refractivity contribution >= 4 is 22.0 Å². The third-order valence-corrected chi connectivity index (χ3v) is 2.20. The van der Waals surface area contributed by atoms with Crippen LogP contribution in [0.1, 0.15) is 5.56 Å². The molecule has 5 heteroatoms. The molecule has 15 heavy (non-hydrogen) atoms. The Balaban J connectivity index is 2.30. The number of hydrogen-bond acceptors (Lipinski definition) is 3. The average molecular weight is 274 g/mol. The van der Waals surface area contributed by atoms with Gasteiger partial charge in [-0.25, -0.2) is 4.79 Å². The summed E-state index contributed by atoms with van der Waals surface area (Å²) in [5.74, 6) is 0. The molecule has 0 fully saturated rings. The van der Waals surface area contributed by atoms with Crippen LogP contribution in [0.5, 0.6) is 0 Å². The summed E-state index contributed by atoms with van der Waals surface area (Å²) >= 11 is 3.32. The zero-order chi connectivity index (χ0) is 11.1. The fourth-order valence-electron chi connectivity index (χ4n) is 0.966. The first-order valence-corrected chi connectivity index (χ1v) is 5.27. The van der Waals surface area contributed by atoms with Gasteiger partial charge < -0.3 is 15.2 Å². The fraction of sp³-hybridized carbons (Fsp3) is 0.300. The molecule has 0 bridgehead atoms. The first-order valence-electron chi connectivity index (χ1n) is 4.48. The van der Waals surface area contributed by atoms with Crippen LogP contribution in [0, 0.1) is 0 Å². The summed E-state index contributed by atoms with van der Waals surface area (Å²) in [7, 11) is 0. The standard InChI is InChI=1S/C10H12BrNO3/c11-9-3-1-8(2-4-9)7-12-10(14)15-6-5-13/h1-4,13H,5-7H2,(H,12,14). The Kier molecular flexibility index (Phi) is 5.14. The van der Waals surface area contributed by atoms with Gasteiger partial charge in [0.1, 0.15) is 6.61 Å². The second-order valence-corrected chi connectivity index (χ2v) is 3.76. The fourth-order valence-corrected chi connectivity index (χ4v) is 1.23. The Morgan fingerprint density at radius 3 is 2.67 bits per heavy atom. The molecule has 1 aromatic rings. The van der Waals surface area contributed by atoms with Crippen LogP contribution >= 0.6 is 15.9 Å². The first kappa shape index (κ1) is 12.0. The van der Waals surface area contributed by atoms with Gasteiger partial charge >= 0.3 is 6.09 Å². The largest absolute Gasteiger partial charge is 0.447 e. The predicted octanol–water partition coefficient (Wildman–Crippen LogP) is 1.67. The molecular weight excluding hydrogens is 262 g/mol. The van der Waals surface area contributed by atoms with Gasteiger partial charge in [-0.3, -0.25) is 0 Å². The highest BCUT2D eigenvalue weighted by Gasteiger charge is 2.00. The highest BCUT2D eigenvalue weighted by atomic mass is 79.9. The lowest BCUT2D eigenvalue weighted by atomic mass is 10.2. The smallest absolute Gasteiger partial charge is 0.407 e. The van der Waals surface area contributed by atoms with Gasteiger partial charge in [-0.05, 0) is 17.7 Å². The molecule has 4 nitrogen and oxygen atoms in total. The lowest BCUT2D eigenvalue weighted by Crippen LogP contribution is -2.24. The summed E-state index contributed by atoms with van der Waals surface area (Å²) in [6.45, 7) is 0.273. The van der Waals surface area contributed by atoms with Crippen LogP contribution in [0.4, 0.5) is 4.79 Å². The van der Waals surface area contributed by atoms with Gasteiger partial charge in [0, 0.05) is 11.0 Å². The summed E-state index contributed by atoms with van der Waals surface area (Å²) in [6.07, 6.45) is -0.521. The van der Waals surface area contributed by atoms with Crippen molar-refractivity contribution in [3.8, 4) is 0 Å². The van der Waals surface area contributed by atoms with Crippen molar-refractivity contribution in [2.75, 3.05) is 13.2 Å². The lowest BCUT2D eigenvalue weighted by molar-refractivity contribution is 0.119. The van der Waals surface area contributed by atoms with Gasteiger partial charge in [0.05, 0.1) is 6.61 Å². The van der Waals surface area contributed by atoms with Gasteiger partial charge in [-0.2, -0.15) is 0 Å². The Morgan fingerprint density at radius 1 is 1.40 bits per heavy atom. The van der Waals surface area contributed by atoms with E-state index in [9.17, 15) is 4.79 Å². The summed E-state index contributed by atoms with van der Waals surface area (Å²) in [4.78, 5) is 11.0. The van der Waals surface area contributed by atoms with Gasteiger partial charge in [-0.15, -0.1) is 0 Å². The maximum absolute atomic E-state index is 11.0. The van der Waals surface area contributed by atoms with Gasteiger partial charge in [-0.1, -0.05) is 28.1 Å². The van der Waals surface area contributed by atoms with E-state index in [0.29, 0.717) is 6.54 Å². The van der Waals surface area contributed by atoms with Crippen molar-refractivity contribution in [3.63, 3.8) is 0 Å². The van der Waals surface area contributed by atoms with Gasteiger partial charge in [0.15, 0.2) is 0 Å². The molecule has 0 aliphatic rings. The Labute approximate surface area is 96.4 Å². The van der Waals surface area contributed by atoms with Crippen LogP contribution in [0.2, 0.25) is 0 Å². The Hall–Kier alpha value is -1.07. The van der Waals surface area contributed by atoms with Crippen LogP contribution in [0.15, 0.2) is 28.7 Å².